The molecule has 6 heteroatoms. The van der Waals surface area contributed by atoms with E-state index < -0.39 is 9.84 Å². The fourth-order valence-corrected chi connectivity index (χ4v) is 4.80. The van der Waals surface area contributed by atoms with Crippen molar-refractivity contribution in [3.63, 3.8) is 0 Å². The minimum absolute atomic E-state index is 0.177. The summed E-state index contributed by atoms with van der Waals surface area (Å²) in [5, 5.41) is 5.23. The van der Waals surface area contributed by atoms with Gasteiger partial charge in [-0.05, 0) is 40.5 Å². The van der Waals surface area contributed by atoms with Crippen molar-refractivity contribution >= 4 is 42.8 Å². The highest BCUT2D eigenvalue weighted by Gasteiger charge is 2.17. The predicted molar refractivity (Wildman–Crippen MR) is 88.1 cm³/mol. The lowest BCUT2D eigenvalue weighted by Crippen LogP contribution is -2.10. The summed E-state index contributed by atoms with van der Waals surface area (Å²) in [4.78, 5) is 1.54. The summed E-state index contributed by atoms with van der Waals surface area (Å²) < 4.78 is 25.5. The first-order chi connectivity index (χ1) is 9.53. The Balaban J connectivity index is 2.20. The van der Waals surface area contributed by atoms with Gasteiger partial charge in [-0.1, -0.05) is 19.1 Å². The number of halogens is 1. The molecule has 2 rings (SSSR count). The van der Waals surface area contributed by atoms with Crippen molar-refractivity contribution in [2.75, 3.05) is 11.1 Å². The molecule has 0 amide bonds. The van der Waals surface area contributed by atoms with Crippen LogP contribution in [0.4, 0.5) is 5.69 Å². The van der Waals surface area contributed by atoms with E-state index in [1.165, 1.54) is 0 Å². The minimum Gasteiger partial charge on any atom is -0.379 e. The third kappa shape index (κ3) is 3.84. The van der Waals surface area contributed by atoms with Crippen molar-refractivity contribution in [2.45, 2.75) is 24.8 Å². The van der Waals surface area contributed by atoms with E-state index in [-0.39, 0.29) is 5.75 Å². The summed E-state index contributed by atoms with van der Waals surface area (Å²) in [6, 6.07) is 9.11. The summed E-state index contributed by atoms with van der Waals surface area (Å²) in [6.07, 6.45) is 0.620. The number of anilines is 1. The molecule has 0 unspecified atom stereocenters. The van der Waals surface area contributed by atoms with Crippen molar-refractivity contribution in [3.8, 4) is 0 Å². The second kappa shape index (κ2) is 6.74. The normalized spacial score (nSPS) is 11.5. The summed E-state index contributed by atoms with van der Waals surface area (Å²) in [6.45, 7) is 2.49. The fraction of sp³-hybridized carbons (Fsp3) is 0.286. The van der Waals surface area contributed by atoms with Gasteiger partial charge >= 0.3 is 0 Å². The van der Waals surface area contributed by atoms with Crippen LogP contribution in [0.2, 0.25) is 0 Å². The van der Waals surface area contributed by atoms with E-state index in [9.17, 15) is 8.42 Å². The highest BCUT2D eigenvalue weighted by atomic mass is 79.9. The molecule has 0 aliphatic heterocycles. The zero-order chi connectivity index (χ0) is 14.6. The van der Waals surface area contributed by atoms with E-state index in [0.717, 1.165) is 9.35 Å². The van der Waals surface area contributed by atoms with Gasteiger partial charge in [0.1, 0.15) is 0 Å². The standard InChI is InChI=1S/C14H16BrNO2S2/c1-2-7-20(17,18)14-6-4-3-5-13(14)16-9-12-8-11(15)10-19-12/h3-6,8,10,16H,2,7,9H2,1H3. The van der Waals surface area contributed by atoms with Crippen molar-refractivity contribution in [3.05, 3.63) is 45.1 Å². The van der Waals surface area contributed by atoms with Gasteiger partial charge in [0.2, 0.25) is 0 Å². The van der Waals surface area contributed by atoms with Crippen LogP contribution in [0.3, 0.4) is 0 Å². The van der Waals surface area contributed by atoms with Crippen LogP contribution < -0.4 is 5.32 Å². The number of thiophene rings is 1. The number of hydrogen-bond acceptors (Lipinski definition) is 4. The zero-order valence-corrected chi connectivity index (χ0v) is 14.3. The molecule has 2 aromatic rings. The maximum Gasteiger partial charge on any atom is 0.180 e. The summed E-state index contributed by atoms with van der Waals surface area (Å²) in [7, 11) is -3.21. The number of nitrogens with one attached hydrogen (secondary N) is 1. The van der Waals surface area contributed by atoms with Gasteiger partial charge in [0.25, 0.3) is 0 Å². The van der Waals surface area contributed by atoms with Crippen LogP contribution in [-0.2, 0) is 16.4 Å². The molecular weight excluding hydrogens is 358 g/mol. The predicted octanol–water partition coefficient (Wildman–Crippen LogP) is 4.31. The van der Waals surface area contributed by atoms with E-state index in [4.69, 9.17) is 0 Å². The van der Waals surface area contributed by atoms with Crippen LogP contribution in [0.1, 0.15) is 18.2 Å². The molecule has 0 bridgehead atoms. The van der Waals surface area contributed by atoms with Crippen LogP contribution in [-0.4, -0.2) is 14.2 Å². The minimum atomic E-state index is -3.21. The highest BCUT2D eigenvalue weighted by molar-refractivity contribution is 9.10. The Labute approximate surface area is 132 Å². The third-order valence-corrected chi connectivity index (χ3v) is 6.44. The van der Waals surface area contributed by atoms with Gasteiger partial charge in [-0.2, -0.15) is 0 Å². The van der Waals surface area contributed by atoms with Gasteiger partial charge in [-0.15, -0.1) is 11.3 Å². The Morgan fingerprint density at radius 3 is 2.70 bits per heavy atom. The van der Waals surface area contributed by atoms with Gasteiger partial charge in [0.15, 0.2) is 9.84 Å². The van der Waals surface area contributed by atoms with E-state index in [2.05, 4.69) is 21.2 Å². The second-order valence-electron chi connectivity index (χ2n) is 4.40. The molecule has 0 spiro atoms. The number of para-hydroxylation sites is 1. The molecule has 0 saturated carbocycles. The molecule has 0 fully saturated rings. The Bertz CT molecular complexity index is 680. The monoisotopic (exact) mass is 373 g/mol. The van der Waals surface area contributed by atoms with Gasteiger partial charge in [0, 0.05) is 21.3 Å². The topological polar surface area (TPSA) is 46.2 Å². The number of hydrogen-bond donors (Lipinski definition) is 1. The molecule has 0 atom stereocenters. The molecule has 1 N–H and O–H groups in total. The van der Waals surface area contributed by atoms with Gasteiger partial charge in [0.05, 0.1) is 16.3 Å². The van der Waals surface area contributed by atoms with Crippen molar-refractivity contribution in [2.24, 2.45) is 0 Å². The van der Waals surface area contributed by atoms with Gasteiger partial charge in [-0.3, -0.25) is 0 Å². The Morgan fingerprint density at radius 2 is 2.05 bits per heavy atom. The van der Waals surface area contributed by atoms with Crippen molar-refractivity contribution < 1.29 is 8.42 Å². The maximum absolute atomic E-state index is 12.2. The van der Waals surface area contributed by atoms with E-state index in [1.54, 1.807) is 23.5 Å². The average Bonchev–Trinajstić information content (AvgIpc) is 2.82. The van der Waals surface area contributed by atoms with E-state index in [1.807, 2.05) is 30.5 Å². The molecule has 1 aromatic heterocycles. The first kappa shape index (κ1) is 15.5. The molecule has 1 heterocycles. The van der Waals surface area contributed by atoms with Crippen LogP contribution >= 0.6 is 27.3 Å². The van der Waals surface area contributed by atoms with Crippen molar-refractivity contribution in [1.82, 2.24) is 0 Å². The molecule has 1 aromatic carbocycles. The Morgan fingerprint density at radius 1 is 1.30 bits per heavy atom. The van der Waals surface area contributed by atoms with Crippen molar-refractivity contribution in [1.29, 1.82) is 0 Å². The first-order valence-electron chi connectivity index (χ1n) is 6.31. The fourth-order valence-electron chi connectivity index (χ4n) is 1.89. The van der Waals surface area contributed by atoms with Crippen LogP contribution in [0.5, 0.6) is 0 Å². The van der Waals surface area contributed by atoms with Crippen LogP contribution in [0.25, 0.3) is 0 Å². The lowest BCUT2D eigenvalue weighted by Gasteiger charge is -2.11. The largest absolute Gasteiger partial charge is 0.379 e. The molecule has 20 heavy (non-hydrogen) atoms. The molecule has 0 aliphatic rings. The lowest BCUT2D eigenvalue weighted by atomic mass is 10.3. The van der Waals surface area contributed by atoms with Crippen LogP contribution in [0.15, 0.2) is 45.1 Å². The Kier molecular flexibility index (Phi) is 5.23. The van der Waals surface area contributed by atoms with Gasteiger partial charge in [-0.25, -0.2) is 8.42 Å². The molecular formula is C14H16BrNO2S2. The zero-order valence-electron chi connectivity index (χ0n) is 11.1. The number of sulfone groups is 1. The second-order valence-corrected chi connectivity index (χ2v) is 8.39. The number of rotatable bonds is 6. The summed E-state index contributed by atoms with van der Waals surface area (Å²) in [5.41, 5.74) is 0.672. The lowest BCUT2D eigenvalue weighted by molar-refractivity contribution is 0.595. The third-order valence-electron chi connectivity index (χ3n) is 2.77. The van der Waals surface area contributed by atoms with E-state index in [0.29, 0.717) is 23.5 Å². The van der Waals surface area contributed by atoms with E-state index >= 15 is 0 Å². The molecule has 0 aliphatic carbocycles. The quantitative estimate of drug-likeness (QED) is 0.820. The summed E-state index contributed by atoms with van der Waals surface area (Å²) >= 11 is 5.05. The Hall–Kier alpha value is -0.850. The highest BCUT2D eigenvalue weighted by Crippen LogP contribution is 2.25. The number of benzene rings is 1. The molecule has 108 valence electrons. The van der Waals surface area contributed by atoms with Gasteiger partial charge < -0.3 is 5.32 Å². The molecule has 0 saturated heterocycles. The first-order valence-corrected chi connectivity index (χ1v) is 9.64. The van der Waals surface area contributed by atoms with Crippen LogP contribution in [0, 0.1) is 0 Å². The maximum atomic E-state index is 12.2. The molecule has 3 nitrogen and oxygen atoms in total. The molecule has 0 radical (unpaired) electrons. The SMILES string of the molecule is CCCS(=O)(=O)c1ccccc1NCc1cc(Br)cs1. The summed E-state index contributed by atoms with van der Waals surface area (Å²) in [5.74, 6) is 0.177. The smallest absolute Gasteiger partial charge is 0.180 e. The average molecular weight is 374 g/mol.